The molecule has 0 saturated carbocycles. The fourth-order valence-electron chi connectivity index (χ4n) is 2.11. The number of aromatic nitrogens is 1. The summed E-state index contributed by atoms with van der Waals surface area (Å²) < 4.78 is 5.30. The maximum Gasteiger partial charge on any atom is 0.307 e. The highest BCUT2D eigenvalue weighted by Gasteiger charge is 2.11. The van der Waals surface area contributed by atoms with E-state index in [1.165, 1.54) is 0 Å². The van der Waals surface area contributed by atoms with E-state index >= 15 is 0 Å². The normalized spacial score (nSPS) is 11.3. The first-order chi connectivity index (χ1) is 11.2. The number of nitrogens with zero attached hydrogens (tertiary/aromatic N) is 2. The van der Waals surface area contributed by atoms with Crippen molar-refractivity contribution >= 4 is 11.6 Å². The van der Waals surface area contributed by atoms with Crippen molar-refractivity contribution in [3.8, 4) is 0 Å². The zero-order chi connectivity index (χ0) is 16.1. The number of aryl methyl sites for hydroxylation is 1. The Balaban J connectivity index is 1.91. The zero-order valence-corrected chi connectivity index (χ0v) is 12.6. The standard InChI is InChI=1S/C18H15N3O2/c1-13-9-10-16(23-13)18(22)21-20-17(14-6-3-2-4-7-14)15-8-5-11-19-12-15/h2-12H,1H3,(H,21,22)/b20-17+. The number of furan rings is 1. The van der Waals surface area contributed by atoms with Crippen LogP contribution < -0.4 is 5.43 Å². The molecule has 0 saturated heterocycles. The molecule has 0 unspecified atom stereocenters. The van der Waals surface area contributed by atoms with E-state index in [1.807, 2.05) is 42.5 Å². The highest BCUT2D eigenvalue weighted by Crippen LogP contribution is 2.10. The summed E-state index contributed by atoms with van der Waals surface area (Å²) in [5.74, 6) is 0.509. The van der Waals surface area contributed by atoms with Crippen molar-refractivity contribution in [2.24, 2.45) is 5.10 Å². The van der Waals surface area contributed by atoms with E-state index < -0.39 is 5.91 Å². The van der Waals surface area contributed by atoms with Crippen molar-refractivity contribution in [3.63, 3.8) is 0 Å². The van der Waals surface area contributed by atoms with Gasteiger partial charge in [0.1, 0.15) is 5.76 Å². The maximum atomic E-state index is 12.1. The summed E-state index contributed by atoms with van der Waals surface area (Å²) in [6.45, 7) is 1.78. The van der Waals surface area contributed by atoms with Crippen LogP contribution >= 0.6 is 0 Å². The van der Waals surface area contributed by atoms with Crippen LogP contribution in [0.4, 0.5) is 0 Å². The number of carbonyl (C=O) groups excluding carboxylic acids is 1. The summed E-state index contributed by atoms with van der Waals surface area (Å²) >= 11 is 0. The van der Waals surface area contributed by atoms with Gasteiger partial charge in [0.15, 0.2) is 5.76 Å². The molecule has 2 aromatic heterocycles. The highest BCUT2D eigenvalue weighted by atomic mass is 16.3. The Morgan fingerprint density at radius 2 is 1.83 bits per heavy atom. The van der Waals surface area contributed by atoms with Crippen LogP contribution in [-0.2, 0) is 0 Å². The molecule has 1 aromatic carbocycles. The summed E-state index contributed by atoms with van der Waals surface area (Å²) in [6, 6.07) is 16.7. The monoisotopic (exact) mass is 305 g/mol. The van der Waals surface area contributed by atoms with Gasteiger partial charge in [-0.25, -0.2) is 5.43 Å². The van der Waals surface area contributed by atoms with Gasteiger partial charge in [0, 0.05) is 23.5 Å². The Morgan fingerprint density at radius 1 is 1.04 bits per heavy atom. The van der Waals surface area contributed by atoms with Crippen molar-refractivity contribution in [2.45, 2.75) is 6.92 Å². The first kappa shape index (κ1) is 14.7. The molecule has 5 nitrogen and oxygen atoms in total. The molecule has 1 amide bonds. The third-order valence-electron chi connectivity index (χ3n) is 3.22. The van der Waals surface area contributed by atoms with Gasteiger partial charge in [0.25, 0.3) is 0 Å². The smallest absolute Gasteiger partial charge is 0.307 e. The first-order valence-electron chi connectivity index (χ1n) is 7.14. The Morgan fingerprint density at radius 3 is 2.48 bits per heavy atom. The fraction of sp³-hybridized carbons (Fsp3) is 0.0556. The molecule has 3 aromatic rings. The number of rotatable bonds is 4. The maximum absolute atomic E-state index is 12.1. The SMILES string of the molecule is Cc1ccc(C(=O)N/N=C(\c2ccccc2)c2cccnc2)o1. The van der Waals surface area contributed by atoms with E-state index in [0.29, 0.717) is 11.5 Å². The summed E-state index contributed by atoms with van der Waals surface area (Å²) in [7, 11) is 0. The Labute approximate surface area is 133 Å². The molecular weight excluding hydrogens is 290 g/mol. The number of hydrogen-bond acceptors (Lipinski definition) is 4. The lowest BCUT2D eigenvalue weighted by molar-refractivity contribution is 0.0926. The minimum atomic E-state index is -0.393. The Kier molecular flexibility index (Phi) is 4.29. The fourth-order valence-corrected chi connectivity index (χ4v) is 2.11. The van der Waals surface area contributed by atoms with Gasteiger partial charge in [-0.05, 0) is 31.2 Å². The molecule has 0 atom stereocenters. The molecule has 23 heavy (non-hydrogen) atoms. The summed E-state index contributed by atoms with van der Waals surface area (Å²) in [6.07, 6.45) is 3.39. The molecule has 0 spiro atoms. The van der Waals surface area contributed by atoms with Crippen LogP contribution in [0.15, 0.2) is 76.5 Å². The number of hydrazone groups is 1. The number of carbonyl (C=O) groups is 1. The minimum Gasteiger partial charge on any atom is -0.456 e. The van der Waals surface area contributed by atoms with Gasteiger partial charge in [0.05, 0.1) is 5.71 Å². The van der Waals surface area contributed by atoms with Gasteiger partial charge in [0.2, 0.25) is 0 Å². The van der Waals surface area contributed by atoms with Gasteiger partial charge in [-0.15, -0.1) is 0 Å². The van der Waals surface area contributed by atoms with E-state index in [-0.39, 0.29) is 5.76 Å². The Bertz CT molecular complexity index is 782. The van der Waals surface area contributed by atoms with E-state index in [4.69, 9.17) is 4.42 Å². The first-order valence-corrected chi connectivity index (χ1v) is 7.14. The third-order valence-corrected chi connectivity index (χ3v) is 3.22. The lowest BCUT2D eigenvalue weighted by Gasteiger charge is -2.07. The van der Waals surface area contributed by atoms with Crippen LogP contribution in [0.3, 0.4) is 0 Å². The lowest BCUT2D eigenvalue weighted by Crippen LogP contribution is -2.20. The van der Waals surface area contributed by atoms with Crippen molar-refractivity contribution in [2.75, 3.05) is 0 Å². The van der Waals surface area contributed by atoms with Crippen LogP contribution in [-0.4, -0.2) is 16.6 Å². The average molecular weight is 305 g/mol. The molecule has 0 aliphatic heterocycles. The molecule has 0 fully saturated rings. The number of amides is 1. The molecule has 0 aliphatic carbocycles. The second kappa shape index (κ2) is 6.70. The lowest BCUT2D eigenvalue weighted by atomic mass is 10.0. The van der Waals surface area contributed by atoms with E-state index in [9.17, 15) is 4.79 Å². The minimum absolute atomic E-state index is 0.227. The predicted molar refractivity (Wildman–Crippen MR) is 87.2 cm³/mol. The molecule has 0 radical (unpaired) electrons. The van der Waals surface area contributed by atoms with Crippen molar-refractivity contribution in [1.29, 1.82) is 0 Å². The van der Waals surface area contributed by atoms with Gasteiger partial charge in [-0.3, -0.25) is 9.78 Å². The topological polar surface area (TPSA) is 67.5 Å². The van der Waals surface area contributed by atoms with E-state index in [2.05, 4.69) is 15.5 Å². The van der Waals surface area contributed by atoms with Crippen LogP contribution in [0.5, 0.6) is 0 Å². The molecule has 114 valence electrons. The van der Waals surface area contributed by atoms with Gasteiger partial charge in [-0.1, -0.05) is 30.3 Å². The largest absolute Gasteiger partial charge is 0.456 e. The van der Waals surface area contributed by atoms with Crippen molar-refractivity contribution < 1.29 is 9.21 Å². The summed E-state index contributed by atoms with van der Waals surface area (Å²) in [5, 5.41) is 4.27. The van der Waals surface area contributed by atoms with Gasteiger partial charge in [-0.2, -0.15) is 5.10 Å². The van der Waals surface area contributed by atoms with E-state index in [1.54, 1.807) is 31.5 Å². The van der Waals surface area contributed by atoms with Crippen molar-refractivity contribution in [1.82, 2.24) is 10.4 Å². The summed E-state index contributed by atoms with van der Waals surface area (Å²) in [5.41, 5.74) is 4.87. The molecular formula is C18H15N3O2. The van der Waals surface area contributed by atoms with Gasteiger partial charge >= 0.3 is 5.91 Å². The van der Waals surface area contributed by atoms with Crippen molar-refractivity contribution in [3.05, 3.63) is 89.6 Å². The number of benzene rings is 1. The molecule has 3 rings (SSSR count). The molecule has 0 bridgehead atoms. The molecule has 1 N–H and O–H groups in total. The third kappa shape index (κ3) is 3.52. The second-order valence-corrected chi connectivity index (χ2v) is 4.92. The summed E-state index contributed by atoms with van der Waals surface area (Å²) in [4.78, 5) is 16.2. The molecule has 5 heteroatoms. The van der Waals surface area contributed by atoms with Crippen LogP contribution in [0, 0.1) is 6.92 Å². The van der Waals surface area contributed by atoms with Gasteiger partial charge < -0.3 is 4.42 Å². The molecule has 0 aliphatic rings. The number of hydrogen-bond donors (Lipinski definition) is 1. The molecule has 2 heterocycles. The number of pyridine rings is 1. The highest BCUT2D eigenvalue weighted by molar-refractivity contribution is 6.13. The van der Waals surface area contributed by atoms with Crippen LogP contribution in [0.25, 0.3) is 0 Å². The van der Waals surface area contributed by atoms with Crippen LogP contribution in [0.1, 0.15) is 27.4 Å². The average Bonchev–Trinajstić information content (AvgIpc) is 3.03. The predicted octanol–water partition coefficient (Wildman–Crippen LogP) is 3.17. The van der Waals surface area contributed by atoms with E-state index in [0.717, 1.165) is 11.1 Å². The second-order valence-electron chi connectivity index (χ2n) is 4.92. The Hall–Kier alpha value is -3.21. The number of nitrogens with one attached hydrogen (secondary N) is 1. The quantitative estimate of drug-likeness (QED) is 0.594. The zero-order valence-electron chi connectivity index (χ0n) is 12.6. The van der Waals surface area contributed by atoms with Crippen LogP contribution in [0.2, 0.25) is 0 Å².